The van der Waals surface area contributed by atoms with Crippen molar-refractivity contribution < 1.29 is 4.74 Å². The fourth-order valence-corrected chi connectivity index (χ4v) is 2.47. The van der Waals surface area contributed by atoms with Crippen molar-refractivity contribution in [2.75, 3.05) is 19.8 Å². The maximum absolute atomic E-state index is 5.92. The first-order valence-corrected chi connectivity index (χ1v) is 6.07. The Kier molecular flexibility index (Phi) is 3.62. The lowest BCUT2D eigenvalue weighted by atomic mass is 9.84. The second kappa shape index (κ2) is 4.98. The minimum absolute atomic E-state index is 0.460. The summed E-state index contributed by atoms with van der Waals surface area (Å²) in [5, 5.41) is 0. The first-order valence-electron chi connectivity index (χ1n) is 6.07. The van der Waals surface area contributed by atoms with Crippen LogP contribution in [0.1, 0.15) is 29.0 Å². The lowest BCUT2D eigenvalue weighted by Crippen LogP contribution is -2.22. The molecular formula is C14H21NO. The molecule has 0 spiro atoms. The smallest absolute Gasteiger partial charge is 0.0501 e. The lowest BCUT2D eigenvalue weighted by molar-refractivity contribution is 0.181. The standard InChI is InChI=1S/C14H21NO/c1-10-3-4-12(7-11(10)2)14(8-15)13-5-6-16-9-13/h3-4,7,13-14H,5-6,8-9,15H2,1-2H3. The molecule has 0 saturated carbocycles. The van der Waals surface area contributed by atoms with Crippen molar-refractivity contribution in [1.82, 2.24) is 0 Å². The van der Waals surface area contributed by atoms with E-state index in [4.69, 9.17) is 10.5 Å². The highest BCUT2D eigenvalue weighted by Crippen LogP contribution is 2.30. The summed E-state index contributed by atoms with van der Waals surface area (Å²) in [4.78, 5) is 0. The van der Waals surface area contributed by atoms with Gasteiger partial charge in [0.05, 0.1) is 6.61 Å². The predicted octanol–water partition coefficient (Wildman–Crippen LogP) is 2.38. The monoisotopic (exact) mass is 219 g/mol. The second-order valence-electron chi connectivity index (χ2n) is 4.81. The Labute approximate surface area is 97.8 Å². The van der Waals surface area contributed by atoms with Gasteiger partial charge < -0.3 is 10.5 Å². The molecule has 88 valence electrons. The summed E-state index contributed by atoms with van der Waals surface area (Å²) in [6, 6.07) is 6.70. The number of nitrogens with two attached hydrogens (primary N) is 1. The maximum atomic E-state index is 5.92. The molecule has 1 heterocycles. The number of hydrogen-bond acceptors (Lipinski definition) is 2. The molecule has 0 amide bonds. The molecule has 2 N–H and O–H groups in total. The molecular weight excluding hydrogens is 198 g/mol. The van der Waals surface area contributed by atoms with Gasteiger partial charge in [-0.1, -0.05) is 18.2 Å². The molecule has 1 saturated heterocycles. The molecule has 1 aliphatic heterocycles. The number of aryl methyl sites for hydroxylation is 2. The summed E-state index contributed by atoms with van der Waals surface area (Å²) < 4.78 is 5.46. The molecule has 0 aliphatic carbocycles. The topological polar surface area (TPSA) is 35.2 Å². The molecule has 2 heteroatoms. The third-order valence-corrected chi connectivity index (χ3v) is 3.75. The number of rotatable bonds is 3. The van der Waals surface area contributed by atoms with Crippen LogP contribution in [0.5, 0.6) is 0 Å². The van der Waals surface area contributed by atoms with Gasteiger partial charge in [-0.25, -0.2) is 0 Å². The van der Waals surface area contributed by atoms with Crippen molar-refractivity contribution in [1.29, 1.82) is 0 Å². The van der Waals surface area contributed by atoms with E-state index < -0.39 is 0 Å². The van der Waals surface area contributed by atoms with Crippen LogP contribution in [0.25, 0.3) is 0 Å². The summed E-state index contributed by atoms with van der Waals surface area (Å²) in [5.74, 6) is 1.06. The minimum Gasteiger partial charge on any atom is -0.381 e. The Balaban J connectivity index is 2.22. The van der Waals surface area contributed by atoms with Crippen LogP contribution in [0, 0.1) is 19.8 Å². The third-order valence-electron chi connectivity index (χ3n) is 3.75. The van der Waals surface area contributed by atoms with Crippen molar-refractivity contribution in [3.63, 3.8) is 0 Å². The fraction of sp³-hybridized carbons (Fsp3) is 0.571. The number of ether oxygens (including phenoxy) is 1. The average Bonchev–Trinajstić information content (AvgIpc) is 2.78. The van der Waals surface area contributed by atoms with Crippen LogP contribution >= 0.6 is 0 Å². The highest BCUT2D eigenvalue weighted by molar-refractivity contribution is 5.32. The van der Waals surface area contributed by atoms with Gasteiger partial charge in [-0.05, 0) is 49.4 Å². The van der Waals surface area contributed by atoms with E-state index in [0.717, 1.165) is 26.2 Å². The van der Waals surface area contributed by atoms with Crippen LogP contribution in [0.3, 0.4) is 0 Å². The van der Waals surface area contributed by atoms with Crippen LogP contribution in [-0.4, -0.2) is 19.8 Å². The molecule has 0 radical (unpaired) electrons. The Bertz CT molecular complexity index is 356. The summed E-state index contributed by atoms with van der Waals surface area (Å²) in [6.07, 6.45) is 1.15. The van der Waals surface area contributed by atoms with Gasteiger partial charge in [-0.3, -0.25) is 0 Å². The summed E-state index contributed by atoms with van der Waals surface area (Å²) in [6.45, 7) is 6.80. The number of hydrogen-bond donors (Lipinski definition) is 1. The first kappa shape index (κ1) is 11.6. The first-order chi connectivity index (χ1) is 7.72. The molecule has 2 nitrogen and oxygen atoms in total. The molecule has 1 fully saturated rings. The van der Waals surface area contributed by atoms with Crippen LogP contribution in [0.2, 0.25) is 0 Å². The molecule has 2 atom stereocenters. The Morgan fingerprint density at radius 2 is 2.19 bits per heavy atom. The molecule has 2 unspecified atom stereocenters. The average molecular weight is 219 g/mol. The van der Waals surface area contributed by atoms with Crippen molar-refractivity contribution in [3.05, 3.63) is 34.9 Å². The van der Waals surface area contributed by atoms with Crippen molar-refractivity contribution >= 4 is 0 Å². The summed E-state index contributed by atoms with van der Waals surface area (Å²) in [5.41, 5.74) is 10.00. The zero-order valence-electron chi connectivity index (χ0n) is 10.2. The largest absolute Gasteiger partial charge is 0.381 e. The van der Waals surface area contributed by atoms with E-state index in [1.165, 1.54) is 16.7 Å². The highest BCUT2D eigenvalue weighted by atomic mass is 16.5. The lowest BCUT2D eigenvalue weighted by Gasteiger charge is -2.21. The van der Waals surface area contributed by atoms with Crippen LogP contribution in [0.15, 0.2) is 18.2 Å². The highest BCUT2D eigenvalue weighted by Gasteiger charge is 2.26. The van der Waals surface area contributed by atoms with Gasteiger partial charge in [0, 0.05) is 12.5 Å². The molecule has 2 rings (SSSR count). The van der Waals surface area contributed by atoms with Gasteiger partial charge in [0.2, 0.25) is 0 Å². The molecule has 16 heavy (non-hydrogen) atoms. The van der Waals surface area contributed by atoms with Crippen LogP contribution < -0.4 is 5.73 Å². The van der Waals surface area contributed by atoms with Gasteiger partial charge >= 0.3 is 0 Å². The fourth-order valence-electron chi connectivity index (χ4n) is 2.47. The van der Waals surface area contributed by atoms with E-state index in [1.54, 1.807) is 0 Å². The van der Waals surface area contributed by atoms with Gasteiger partial charge in [0.25, 0.3) is 0 Å². The SMILES string of the molecule is Cc1ccc(C(CN)C2CCOC2)cc1C. The molecule has 1 aromatic rings. The normalized spacial score (nSPS) is 22.3. The van der Waals surface area contributed by atoms with Crippen molar-refractivity contribution in [3.8, 4) is 0 Å². The van der Waals surface area contributed by atoms with Gasteiger partial charge in [-0.15, -0.1) is 0 Å². The summed E-state index contributed by atoms with van der Waals surface area (Å²) in [7, 11) is 0. The van der Waals surface area contributed by atoms with E-state index >= 15 is 0 Å². The van der Waals surface area contributed by atoms with Crippen LogP contribution in [-0.2, 0) is 4.74 Å². The van der Waals surface area contributed by atoms with E-state index in [1.807, 2.05) is 0 Å². The zero-order valence-corrected chi connectivity index (χ0v) is 10.2. The Morgan fingerprint density at radius 3 is 2.75 bits per heavy atom. The minimum atomic E-state index is 0.460. The Morgan fingerprint density at radius 1 is 1.38 bits per heavy atom. The predicted molar refractivity (Wildman–Crippen MR) is 66.6 cm³/mol. The van der Waals surface area contributed by atoms with Crippen molar-refractivity contribution in [2.24, 2.45) is 11.7 Å². The summed E-state index contributed by atoms with van der Waals surface area (Å²) >= 11 is 0. The molecule has 0 aromatic heterocycles. The van der Waals surface area contributed by atoms with E-state index in [9.17, 15) is 0 Å². The Hall–Kier alpha value is -0.860. The van der Waals surface area contributed by atoms with Crippen molar-refractivity contribution in [2.45, 2.75) is 26.2 Å². The number of benzene rings is 1. The molecule has 1 aromatic carbocycles. The third kappa shape index (κ3) is 2.28. The van der Waals surface area contributed by atoms with E-state index in [0.29, 0.717) is 11.8 Å². The van der Waals surface area contributed by atoms with Gasteiger partial charge in [0.15, 0.2) is 0 Å². The van der Waals surface area contributed by atoms with E-state index in [-0.39, 0.29) is 0 Å². The zero-order chi connectivity index (χ0) is 11.5. The van der Waals surface area contributed by atoms with Gasteiger partial charge in [-0.2, -0.15) is 0 Å². The van der Waals surface area contributed by atoms with E-state index in [2.05, 4.69) is 32.0 Å². The molecule has 1 aliphatic rings. The second-order valence-corrected chi connectivity index (χ2v) is 4.81. The van der Waals surface area contributed by atoms with Gasteiger partial charge in [0.1, 0.15) is 0 Å². The van der Waals surface area contributed by atoms with Crippen LogP contribution in [0.4, 0.5) is 0 Å². The quantitative estimate of drug-likeness (QED) is 0.847. The maximum Gasteiger partial charge on any atom is 0.0501 e. The molecule has 0 bridgehead atoms.